The van der Waals surface area contributed by atoms with Crippen molar-refractivity contribution in [1.82, 2.24) is 0 Å². The van der Waals surface area contributed by atoms with Gasteiger partial charge >= 0.3 is 0 Å². The Bertz CT molecular complexity index is 447. The average molecular weight is 245 g/mol. The molecule has 0 spiro atoms. The smallest absolute Gasteiger partial charge is 0.235 e. The van der Waals surface area contributed by atoms with Gasteiger partial charge in [-0.1, -0.05) is 25.8 Å². The van der Waals surface area contributed by atoms with Crippen LogP contribution in [0.25, 0.3) is 0 Å². The summed E-state index contributed by atoms with van der Waals surface area (Å²) in [6, 6.07) is 6.19. The van der Waals surface area contributed by atoms with Crippen molar-refractivity contribution < 1.29 is 9.53 Å². The van der Waals surface area contributed by atoms with Gasteiger partial charge in [0.25, 0.3) is 0 Å². The maximum atomic E-state index is 10.7. The molecule has 1 aromatic rings. The third-order valence-electron chi connectivity index (χ3n) is 3.84. The summed E-state index contributed by atoms with van der Waals surface area (Å²) in [4.78, 5) is 14.8. The summed E-state index contributed by atoms with van der Waals surface area (Å²) >= 11 is 0. The first-order valence-electron chi connectivity index (χ1n) is 6.51. The van der Waals surface area contributed by atoms with Crippen LogP contribution in [0.4, 0.5) is 0 Å². The second-order valence-electron chi connectivity index (χ2n) is 4.87. The maximum Gasteiger partial charge on any atom is 0.235 e. The molecule has 0 N–H and O–H groups in total. The molecule has 0 amide bonds. The number of hydrogen-bond acceptors (Lipinski definition) is 3. The highest BCUT2D eigenvalue weighted by Gasteiger charge is 2.36. The lowest BCUT2D eigenvalue weighted by atomic mass is 9.87. The molecule has 0 heterocycles. The standard InChI is InChI=1S/C15H19NO2/c1-3-12-8-13(10-14(9-12)18-2)15(16-11-17)6-4-5-7-15/h8-10H,3-7H2,1-2H3. The summed E-state index contributed by atoms with van der Waals surface area (Å²) in [6.07, 6.45) is 6.80. The average Bonchev–Trinajstić information content (AvgIpc) is 2.88. The third-order valence-corrected chi connectivity index (χ3v) is 3.84. The molecule has 1 fully saturated rings. The summed E-state index contributed by atoms with van der Waals surface area (Å²) in [5.74, 6) is 0.844. The van der Waals surface area contributed by atoms with Crippen molar-refractivity contribution in [2.75, 3.05) is 7.11 Å². The van der Waals surface area contributed by atoms with Gasteiger partial charge in [-0.25, -0.2) is 4.79 Å². The van der Waals surface area contributed by atoms with E-state index >= 15 is 0 Å². The van der Waals surface area contributed by atoms with Crippen molar-refractivity contribution in [2.24, 2.45) is 4.99 Å². The molecule has 1 aromatic carbocycles. The molecule has 96 valence electrons. The number of benzene rings is 1. The molecule has 0 radical (unpaired) electrons. The normalized spacial score (nSPS) is 17.2. The first kappa shape index (κ1) is 12.8. The Labute approximate surface area is 108 Å². The fraction of sp³-hybridized carbons (Fsp3) is 0.533. The molecule has 3 nitrogen and oxygen atoms in total. The highest BCUT2D eigenvalue weighted by atomic mass is 16.5. The minimum Gasteiger partial charge on any atom is -0.497 e. The number of methoxy groups -OCH3 is 1. The Morgan fingerprint density at radius 1 is 1.33 bits per heavy atom. The number of hydrogen-bond donors (Lipinski definition) is 0. The first-order valence-corrected chi connectivity index (χ1v) is 6.51. The molecule has 1 aliphatic rings. The van der Waals surface area contributed by atoms with Crippen LogP contribution in [0.1, 0.15) is 43.7 Å². The van der Waals surface area contributed by atoms with Gasteiger partial charge in [-0.05, 0) is 42.5 Å². The van der Waals surface area contributed by atoms with Gasteiger partial charge in [0.1, 0.15) is 5.75 Å². The van der Waals surface area contributed by atoms with Crippen LogP contribution in [-0.4, -0.2) is 13.2 Å². The van der Waals surface area contributed by atoms with Gasteiger partial charge in [-0.15, -0.1) is 0 Å². The van der Waals surface area contributed by atoms with Crippen LogP contribution in [0.15, 0.2) is 23.2 Å². The van der Waals surface area contributed by atoms with E-state index in [0.717, 1.165) is 43.4 Å². The predicted molar refractivity (Wildman–Crippen MR) is 70.6 cm³/mol. The van der Waals surface area contributed by atoms with Crippen molar-refractivity contribution in [3.8, 4) is 5.75 Å². The summed E-state index contributed by atoms with van der Waals surface area (Å²) < 4.78 is 5.34. The molecule has 1 aliphatic carbocycles. The number of rotatable bonds is 4. The summed E-state index contributed by atoms with van der Waals surface area (Å²) in [7, 11) is 1.67. The Kier molecular flexibility index (Phi) is 3.83. The highest BCUT2D eigenvalue weighted by Crippen LogP contribution is 2.43. The summed E-state index contributed by atoms with van der Waals surface area (Å²) in [5.41, 5.74) is 1.96. The van der Waals surface area contributed by atoms with E-state index in [1.54, 1.807) is 13.2 Å². The lowest BCUT2D eigenvalue weighted by Gasteiger charge is -2.24. The molecule has 2 rings (SSSR count). The Morgan fingerprint density at radius 3 is 2.61 bits per heavy atom. The zero-order valence-corrected chi connectivity index (χ0v) is 11.0. The summed E-state index contributed by atoms with van der Waals surface area (Å²) in [5, 5.41) is 0. The van der Waals surface area contributed by atoms with Gasteiger partial charge in [0.2, 0.25) is 6.08 Å². The molecule has 0 aliphatic heterocycles. The third kappa shape index (κ3) is 2.32. The van der Waals surface area contributed by atoms with Crippen molar-refractivity contribution in [3.63, 3.8) is 0 Å². The van der Waals surface area contributed by atoms with Gasteiger partial charge < -0.3 is 4.74 Å². The van der Waals surface area contributed by atoms with E-state index in [1.165, 1.54) is 5.56 Å². The predicted octanol–water partition coefficient (Wildman–Crippen LogP) is 3.36. The number of aryl methyl sites for hydroxylation is 1. The van der Waals surface area contributed by atoms with Gasteiger partial charge in [-0.2, -0.15) is 4.99 Å². The Morgan fingerprint density at radius 2 is 2.06 bits per heavy atom. The van der Waals surface area contributed by atoms with E-state index in [1.807, 2.05) is 12.1 Å². The molecule has 0 bridgehead atoms. The second-order valence-corrected chi connectivity index (χ2v) is 4.87. The molecular weight excluding hydrogens is 226 g/mol. The molecule has 3 heteroatoms. The molecule has 1 saturated carbocycles. The van der Waals surface area contributed by atoms with E-state index < -0.39 is 0 Å². The van der Waals surface area contributed by atoms with Gasteiger partial charge in [0, 0.05) is 0 Å². The van der Waals surface area contributed by atoms with Crippen LogP contribution >= 0.6 is 0 Å². The van der Waals surface area contributed by atoms with Gasteiger partial charge in [0.15, 0.2) is 0 Å². The van der Waals surface area contributed by atoms with Crippen LogP contribution in [0.5, 0.6) is 5.75 Å². The number of aliphatic imine (C=N–C) groups is 1. The Hall–Kier alpha value is -1.60. The topological polar surface area (TPSA) is 38.7 Å². The van der Waals surface area contributed by atoms with Crippen molar-refractivity contribution in [3.05, 3.63) is 29.3 Å². The quantitative estimate of drug-likeness (QED) is 0.602. The zero-order valence-electron chi connectivity index (χ0n) is 11.0. The van der Waals surface area contributed by atoms with Crippen molar-refractivity contribution in [2.45, 2.75) is 44.6 Å². The molecular formula is C15H19NO2. The molecule has 0 unspecified atom stereocenters. The second kappa shape index (κ2) is 5.36. The van der Waals surface area contributed by atoms with E-state index in [-0.39, 0.29) is 5.54 Å². The molecule has 0 saturated heterocycles. The van der Waals surface area contributed by atoms with Crippen LogP contribution in [0, 0.1) is 0 Å². The minimum atomic E-state index is -0.361. The fourth-order valence-corrected chi connectivity index (χ4v) is 2.76. The maximum absolute atomic E-state index is 10.7. The number of isocyanates is 1. The van der Waals surface area contributed by atoms with Crippen LogP contribution in [-0.2, 0) is 16.8 Å². The van der Waals surface area contributed by atoms with Gasteiger partial charge in [0.05, 0.1) is 12.6 Å². The zero-order chi connectivity index (χ0) is 13.0. The van der Waals surface area contributed by atoms with E-state index in [2.05, 4.69) is 18.0 Å². The van der Waals surface area contributed by atoms with E-state index in [9.17, 15) is 4.79 Å². The van der Waals surface area contributed by atoms with Crippen LogP contribution in [0.2, 0.25) is 0 Å². The van der Waals surface area contributed by atoms with E-state index in [0.29, 0.717) is 0 Å². The highest BCUT2D eigenvalue weighted by molar-refractivity contribution is 5.43. The lowest BCUT2D eigenvalue weighted by molar-refractivity contribution is 0.407. The first-order chi connectivity index (χ1) is 8.74. The van der Waals surface area contributed by atoms with Crippen LogP contribution < -0.4 is 4.74 Å². The fourth-order valence-electron chi connectivity index (χ4n) is 2.76. The van der Waals surface area contributed by atoms with Gasteiger partial charge in [-0.3, -0.25) is 0 Å². The minimum absolute atomic E-state index is 0.361. The SMILES string of the molecule is CCc1cc(OC)cc(C2(N=C=O)CCCC2)c1. The van der Waals surface area contributed by atoms with Crippen LogP contribution in [0.3, 0.4) is 0 Å². The monoisotopic (exact) mass is 245 g/mol. The number of carbonyl (C=O) groups excluding carboxylic acids is 1. The van der Waals surface area contributed by atoms with Crippen molar-refractivity contribution >= 4 is 6.08 Å². The van der Waals surface area contributed by atoms with Crippen molar-refractivity contribution in [1.29, 1.82) is 0 Å². The molecule has 0 atom stereocenters. The Balaban J connectivity index is 2.50. The number of nitrogens with zero attached hydrogens (tertiary/aromatic N) is 1. The lowest BCUT2D eigenvalue weighted by Crippen LogP contribution is -2.19. The molecule has 0 aromatic heterocycles. The largest absolute Gasteiger partial charge is 0.497 e. The number of ether oxygens (including phenoxy) is 1. The molecule has 18 heavy (non-hydrogen) atoms. The summed E-state index contributed by atoms with van der Waals surface area (Å²) in [6.45, 7) is 2.11. The van der Waals surface area contributed by atoms with E-state index in [4.69, 9.17) is 4.74 Å².